The summed E-state index contributed by atoms with van der Waals surface area (Å²) >= 11 is 0. The van der Waals surface area contributed by atoms with Crippen molar-refractivity contribution in [1.29, 1.82) is 0 Å². The molecule has 1 amide bonds. The highest BCUT2D eigenvalue weighted by atomic mass is 16.5. The zero-order chi connectivity index (χ0) is 19.7. The first-order valence-corrected chi connectivity index (χ1v) is 9.53. The number of carbonyl (C=O) groups excluding carboxylic acids is 1. The average Bonchev–Trinajstić information content (AvgIpc) is 3.57. The zero-order valence-corrected chi connectivity index (χ0v) is 16.4. The monoisotopic (exact) mass is 376 g/mol. The van der Waals surface area contributed by atoms with Gasteiger partial charge in [0.15, 0.2) is 11.5 Å². The molecule has 0 radical (unpaired) electrons. The summed E-state index contributed by atoms with van der Waals surface area (Å²) in [6.45, 7) is 2.08. The van der Waals surface area contributed by atoms with Crippen LogP contribution in [0.25, 0.3) is 22.2 Å². The number of rotatable bonds is 6. The van der Waals surface area contributed by atoms with E-state index in [0.29, 0.717) is 23.0 Å². The number of hydrogen-bond donors (Lipinski definition) is 1. The van der Waals surface area contributed by atoms with E-state index < -0.39 is 0 Å². The molecule has 1 atom stereocenters. The lowest BCUT2D eigenvalue weighted by Crippen LogP contribution is -2.34. The highest BCUT2D eigenvalue weighted by Gasteiger charge is 2.29. The van der Waals surface area contributed by atoms with Crippen LogP contribution >= 0.6 is 0 Å². The number of para-hydroxylation sites is 1. The summed E-state index contributed by atoms with van der Waals surface area (Å²) in [5.41, 5.74) is 3.03. The van der Waals surface area contributed by atoms with Crippen LogP contribution in [0.1, 0.15) is 30.1 Å². The van der Waals surface area contributed by atoms with E-state index in [4.69, 9.17) is 14.5 Å². The van der Waals surface area contributed by atoms with Crippen molar-refractivity contribution in [3.8, 4) is 22.8 Å². The highest BCUT2D eigenvalue weighted by Crippen LogP contribution is 2.34. The van der Waals surface area contributed by atoms with Gasteiger partial charge in [0.1, 0.15) is 0 Å². The molecule has 3 aromatic rings. The van der Waals surface area contributed by atoms with Crippen molar-refractivity contribution in [2.24, 2.45) is 5.92 Å². The second kappa shape index (κ2) is 7.50. The Morgan fingerprint density at radius 3 is 2.54 bits per heavy atom. The van der Waals surface area contributed by atoms with E-state index in [9.17, 15) is 4.79 Å². The number of nitrogens with zero attached hydrogens (tertiary/aromatic N) is 1. The maximum Gasteiger partial charge on any atom is 0.252 e. The molecule has 144 valence electrons. The highest BCUT2D eigenvalue weighted by molar-refractivity contribution is 6.07. The summed E-state index contributed by atoms with van der Waals surface area (Å²) in [5, 5.41) is 4.01. The summed E-state index contributed by atoms with van der Waals surface area (Å²) < 4.78 is 10.7. The van der Waals surface area contributed by atoms with E-state index in [-0.39, 0.29) is 11.9 Å². The predicted octanol–water partition coefficient (Wildman–Crippen LogP) is 4.45. The minimum Gasteiger partial charge on any atom is -0.493 e. The van der Waals surface area contributed by atoms with Crippen LogP contribution in [0.5, 0.6) is 11.5 Å². The van der Waals surface area contributed by atoms with Crippen LogP contribution in [-0.4, -0.2) is 31.2 Å². The fourth-order valence-electron chi connectivity index (χ4n) is 3.51. The van der Waals surface area contributed by atoms with E-state index in [1.807, 2.05) is 48.5 Å². The van der Waals surface area contributed by atoms with Gasteiger partial charge < -0.3 is 14.8 Å². The molecule has 0 spiro atoms. The van der Waals surface area contributed by atoms with Gasteiger partial charge in [-0.15, -0.1) is 0 Å². The van der Waals surface area contributed by atoms with Crippen LogP contribution in [0.3, 0.4) is 0 Å². The normalized spacial score (nSPS) is 14.5. The molecule has 1 aliphatic carbocycles. The van der Waals surface area contributed by atoms with Crippen LogP contribution in [0.4, 0.5) is 0 Å². The molecule has 1 N–H and O–H groups in total. The SMILES string of the molecule is COc1ccc(-c2cc(C(=O)N[C@@H](C)C3CC3)c3ccccc3n2)cc1OC. The Balaban J connectivity index is 1.78. The van der Waals surface area contributed by atoms with Gasteiger partial charge in [-0.3, -0.25) is 4.79 Å². The average molecular weight is 376 g/mol. The molecule has 1 heterocycles. The van der Waals surface area contributed by atoms with E-state index in [0.717, 1.165) is 22.2 Å². The molecular weight excluding hydrogens is 352 g/mol. The number of nitrogens with one attached hydrogen (secondary N) is 1. The van der Waals surface area contributed by atoms with Gasteiger partial charge in [0, 0.05) is 17.0 Å². The quantitative estimate of drug-likeness (QED) is 0.691. The number of amides is 1. The first-order valence-electron chi connectivity index (χ1n) is 9.53. The molecular formula is C23H24N2O3. The van der Waals surface area contributed by atoms with Crippen LogP contribution in [0.2, 0.25) is 0 Å². The molecule has 1 saturated carbocycles. The lowest BCUT2D eigenvalue weighted by molar-refractivity contribution is 0.0937. The number of fused-ring (bicyclic) bond motifs is 1. The molecule has 1 aliphatic rings. The molecule has 0 unspecified atom stereocenters. The van der Waals surface area contributed by atoms with E-state index in [1.54, 1.807) is 14.2 Å². The van der Waals surface area contributed by atoms with Crippen molar-refractivity contribution < 1.29 is 14.3 Å². The number of hydrogen-bond acceptors (Lipinski definition) is 4. The number of benzene rings is 2. The number of carbonyl (C=O) groups is 1. The third kappa shape index (κ3) is 3.52. The van der Waals surface area contributed by atoms with Gasteiger partial charge in [0.05, 0.1) is 31.0 Å². The number of pyridine rings is 1. The lowest BCUT2D eigenvalue weighted by atomic mass is 10.0. The predicted molar refractivity (Wildman–Crippen MR) is 110 cm³/mol. The third-order valence-electron chi connectivity index (χ3n) is 5.33. The van der Waals surface area contributed by atoms with Gasteiger partial charge in [0.2, 0.25) is 0 Å². The molecule has 0 aliphatic heterocycles. The maximum atomic E-state index is 13.0. The van der Waals surface area contributed by atoms with Gasteiger partial charge >= 0.3 is 0 Å². The van der Waals surface area contributed by atoms with Crippen molar-refractivity contribution in [2.75, 3.05) is 14.2 Å². The summed E-state index contributed by atoms with van der Waals surface area (Å²) in [5.74, 6) is 1.83. The molecule has 0 saturated heterocycles. The summed E-state index contributed by atoms with van der Waals surface area (Å²) in [6, 6.07) is 15.4. The Kier molecular flexibility index (Phi) is 4.90. The topological polar surface area (TPSA) is 60.5 Å². The van der Waals surface area contributed by atoms with Crippen LogP contribution < -0.4 is 14.8 Å². The second-order valence-corrected chi connectivity index (χ2v) is 7.24. The Bertz CT molecular complexity index is 1030. The first kappa shape index (κ1) is 18.3. The van der Waals surface area contributed by atoms with Gasteiger partial charge in [-0.25, -0.2) is 4.98 Å². The van der Waals surface area contributed by atoms with E-state index in [1.165, 1.54) is 12.8 Å². The molecule has 5 nitrogen and oxygen atoms in total. The van der Waals surface area contributed by atoms with Crippen molar-refractivity contribution >= 4 is 16.8 Å². The van der Waals surface area contributed by atoms with Gasteiger partial charge in [-0.2, -0.15) is 0 Å². The lowest BCUT2D eigenvalue weighted by Gasteiger charge is -2.15. The third-order valence-corrected chi connectivity index (χ3v) is 5.33. The maximum absolute atomic E-state index is 13.0. The van der Waals surface area contributed by atoms with Crippen LogP contribution in [0.15, 0.2) is 48.5 Å². The molecule has 5 heteroatoms. The molecule has 2 aromatic carbocycles. The van der Waals surface area contributed by atoms with Gasteiger partial charge in [-0.1, -0.05) is 18.2 Å². The van der Waals surface area contributed by atoms with Crippen LogP contribution in [-0.2, 0) is 0 Å². The molecule has 1 aromatic heterocycles. The Morgan fingerprint density at radius 2 is 1.82 bits per heavy atom. The standard InChI is InChI=1S/C23H24N2O3/c1-14(15-8-9-15)24-23(26)18-13-20(25-19-7-5-4-6-17(18)19)16-10-11-21(27-2)22(12-16)28-3/h4-7,10-15H,8-9H2,1-3H3,(H,24,26)/t14-/m0/s1. The minimum atomic E-state index is -0.0558. The number of methoxy groups -OCH3 is 2. The molecule has 0 bridgehead atoms. The summed E-state index contributed by atoms with van der Waals surface area (Å²) in [6.07, 6.45) is 2.38. The Labute approximate surface area is 164 Å². The Hall–Kier alpha value is -3.08. The smallest absolute Gasteiger partial charge is 0.252 e. The van der Waals surface area contributed by atoms with Crippen LogP contribution in [0, 0.1) is 5.92 Å². The van der Waals surface area contributed by atoms with E-state index >= 15 is 0 Å². The summed E-state index contributed by atoms with van der Waals surface area (Å²) in [7, 11) is 3.21. The molecule has 28 heavy (non-hydrogen) atoms. The van der Waals surface area contributed by atoms with Gasteiger partial charge in [0.25, 0.3) is 5.91 Å². The number of ether oxygens (including phenoxy) is 2. The first-order chi connectivity index (χ1) is 13.6. The number of aromatic nitrogens is 1. The minimum absolute atomic E-state index is 0.0558. The van der Waals surface area contributed by atoms with E-state index in [2.05, 4.69) is 12.2 Å². The largest absolute Gasteiger partial charge is 0.493 e. The van der Waals surface area contributed by atoms with Crippen molar-refractivity contribution in [3.63, 3.8) is 0 Å². The summed E-state index contributed by atoms with van der Waals surface area (Å²) in [4.78, 5) is 17.8. The molecule has 4 rings (SSSR count). The molecule has 1 fully saturated rings. The van der Waals surface area contributed by atoms with Crippen molar-refractivity contribution in [1.82, 2.24) is 10.3 Å². The zero-order valence-electron chi connectivity index (χ0n) is 16.4. The van der Waals surface area contributed by atoms with Crippen molar-refractivity contribution in [2.45, 2.75) is 25.8 Å². The Morgan fingerprint density at radius 1 is 1.07 bits per heavy atom. The van der Waals surface area contributed by atoms with Crippen molar-refractivity contribution in [3.05, 3.63) is 54.1 Å². The second-order valence-electron chi connectivity index (χ2n) is 7.24. The fraction of sp³-hybridized carbons (Fsp3) is 0.304. The fourth-order valence-corrected chi connectivity index (χ4v) is 3.51. The van der Waals surface area contributed by atoms with Gasteiger partial charge in [-0.05, 0) is 56.0 Å².